The van der Waals surface area contributed by atoms with Gasteiger partial charge in [-0.1, -0.05) is 180 Å². The molecule has 0 radical (unpaired) electrons. The van der Waals surface area contributed by atoms with Crippen molar-refractivity contribution >= 4 is 35.0 Å². The Labute approximate surface area is 267 Å². The van der Waals surface area contributed by atoms with Crippen molar-refractivity contribution in [1.82, 2.24) is 5.32 Å². The minimum Gasteiger partial charge on any atom is -0.394 e. The molecule has 3 N–H and O–H groups in total. The average molecular weight is 618 g/mol. The number of nitrogens with one attached hydrogen (secondary N) is 1. The van der Waals surface area contributed by atoms with Crippen LogP contribution in [0, 0.1) is 0 Å². The normalized spacial score (nSPS) is 11.6. The van der Waals surface area contributed by atoms with E-state index in [4.69, 9.17) is 17.3 Å². The zero-order valence-electron chi connectivity index (χ0n) is 27.4. The Morgan fingerprint density at radius 1 is 0.585 bits per heavy atom. The topological polar surface area (TPSA) is 69.6 Å². The van der Waals surface area contributed by atoms with E-state index in [1.54, 1.807) is 0 Å². The number of hydrogen-bond acceptors (Lipinski definition) is 4. The number of thiol groups is 1. The zero-order chi connectivity index (χ0) is 30.7. The lowest BCUT2D eigenvalue weighted by molar-refractivity contribution is -0.110. The summed E-state index contributed by atoms with van der Waals surface area (Å²) in [6.07, 6.45) is 36.0. The van der Waals surface area contributed by atoms with Gasteiger partial charge < -0.3 is 15.5 Å². The van der Waals surface area contributed by atoms with Crippen LogP contribution in [0.2, 0.25) is 0 Å². The molecule has 246 valence electrons. The molecule has 0 fully saturated rings. The third kappa shape index (κ3) is 42.0. The first kappa shape index (κ1) is 43.0. The lowest BCUT2D eigenvalue weighted by Crippen LogP contribution is -2.32. The third-order valence-corrected chi connectivity index (χ3v) is 8.32. The molecule has 1 unspecified atom stereocenters. The molecule has 4 nitrogen and oxygen atoms in total. The van der Waals surface area contributed by atoms with E-state index in [1.165, 1.54) is 154 Å². The van der Waals surface area contributed by atoms with E-state index in [9.17, 15) is 9.90 Å². The fraction of sp³-hybridized carbons (Fsp3) is 0.943. The van der Waals surface area contributed by atoms with E-state index < -0.39 is 6.10 Å². The van der Waals surface area contributed by atoms with E-state index in [0.29, 0.717) is 13.0 Å². The molecule has 0 aliphatic heterocycles. The van der Waals surface area contributed by atoms with Gasteiger partial charge >= 0.3 is 0 Å². The van der Waals surface area contributed by atoms with Crippen LogP contribution in [0.4, 0.5) is 0 Å². The van der Waals surface area contributed by atoms with Gasteiger partial charge in [0.2, 0.25) is 0 Å². The molecule has 0 amide bonds. The molecule has 0 aliphatic rings. The van der Waals surface area contributed by atoms with Gasteiger partial charge in [-0.15, -0.1) is 12.6 Å². The predicted molar refractivity (Wildman–Crippen MR) is 188 cm³/mol. The first-order chi connectivity index (χ1) is 20.0. The molecule has 41 heavy (non-hydrogen) atoms. The van der Waals surface area contributed by atoms with Crippen LogP contribution in [0.25, 0.3) is 0 Å². The van der Waals surface area contributed by atoms with Crippen molar-refractivity contribution in [2.75, 3.05) is 13.2 Å². The van der Waals surface area contributed by atoms with Gasteiger partial charge in [-0.05, 0) is 19.3 Å². The maximum Gasteiger partial charge on any atom is 0.185 e. The van der Waals surface area contributed by atoms with E-state index in [0.717, 1.165) is 24.3 Å². The Morgan fingerprint density at radius 2 is 0.878 bits per heavy atom. The van der Waals surface area contributed by atoms with Crippen molar-refractivity contribution in [2.24, 2.45) is 0 Å². The Kier molecular flexibility index (Phi) is 39.7. The quantitative estimate of drug-likeness (QED) is 0.0354. The molecule has 0 aliphatic carbocycles. The Bertz CT molecular complexity index is 534. The fourth-order valence-corrected chi connectivity index (χ4v) is 5.37. The second-order valence-electron chi connectivity index (χ2n) is 12.0. The van der Waals surface area contributed by atoms with Crippen LogP contribution >= 0.6 is 24.8 Å². The fourth-order valence-electron chi connectivity index (χ4n) is 4.98. The molecule has 0 heterocycles. The summed E-state index contributed by atoms with van der Waals surface area (Å²) in [5.74, 6) is 0. The first-order valence-corrected chi connectivity index (χ1v) is 18.6. The number of carbonyl (C=O) groups excluding carboxylic acids is 1. The monoisotopic (exact) mass is 617 g/mol. The lowest BCUT2D eigenvalue weighted by Gasteiger charge is -2.10. The van der Waals surface area contributed by atoms with Gasteiger partial charge in [0, 0.05) is 13.0 Å². The van der Waals surface area contributed by atoms with Crippen LogP contribution < -0.4 is 5.32 Å². The third-order valence-electron chi connectivity index (χ3n) is 7.75. The van der Waals surface area contributed by atoms with Crippen molar-refractivity contribution in [3.8, 4) is 0 Å². The van der Waals surface area contributed by atoms with Crippen molar-refractivity contribution < 1.29 is 15.0 Å². The largest absolute Gasteiger partial charge is 0.394 e. The highest BCUT2D eigenvalue weighted by molar-refractivity contribution is 7.96. The molecule has 0 bridgehead atoms. The van der Waals surface area contributed by atoms with Gasteiger partial charge in [-0.3, -0.25) is 4.79 Å². The van der Waals surface area contributed by atoms with E-state index >= 15 is 0 Å². The highest BCUT2D eigenvalue weighted by atomic mass is 32.1. The summed E-state index contributed by atoms with van der Waals surface area (Å²) < 4.78 is 0. The first-order valence-electron chi connectivity index (χ1n) is 17.7. The predicted octanol–water partition coefficient (Wildman–Crippen LogP) is 10.7. The van der Waals surface area contributed by atoms with Gasteiger partial charge in [0.1, 0.15) is 0 Å². The highest BCUT2D eigenvalue weighted by Gasteiger charge is 2.03. The molecule has 0 aromatic heterocycles. The number of carbonyl (C=O) groups is 1. The number of rotatable bonds is 31. The lowest BCUT2D eigenvalue weighted by atomic mass is 10.0. The molecule has 0 spiro atoms. The molecule has 0 saturated heterocycles. The standard InChI is InChI=1S/C19H39NO2S.C16H32OS/c1-2-3-4-5-6-7-8-9-10-11-12-13-14-15-19(23)20-16-18(22)17-21;1-2-3-4-5-6-7-8-9-10-11-12-13-14-15-16(17)18/h18,21-22H,2-17H2,1H3,(H,20,23);2-15H2,1H3,(H,17,18). The minimum atomic E-state index is -0.709. The van der Waals surface area contributed by atoms with E-state index in [-0.39, 0.29) is 11.7 Å². The van der Waals surface area contributed by atoms with Crippen molar-refractivity contribution in [3.05, 3.63) is 0 Å². The van der Waals surface area contributed by atoms with Gasteiger partial charge in [0.25, 0.3) is 0 Å². The summed E-state index contributed by atoms with van der Waals surface area (Å²) in [6, 6.07) is 0. The Hall–Kier alpha value is -0.170. The SMILES string of the molecule is CCCCCCCCCCCCCCCC(=O)S.CCCCCCCCCCCCCCCC(=S)NCC(O)CO. The molecule has 1 atom stereocenters. The Balaban J connectivity index is 0. The van der Waals surface area contributed by atoms with Crippen molar-refractivity contribution in [1.29, 1.82) is 0 Å². The summed E-state index contributed by atoms with van der Waals surface area (Å²) in [5, 5.41) is 21.0. The van der Waals surface area contributed by atoms with Gasteiger partial charge in [-0.2, -0.15) is 0 Å². The van der Waals surface area contributed by atoms with Gasteiger partial charge in [0.15, 0.2) is 5.12 Å². The average Bonchev–Trinajstić information content (AvgIpc) is 2.96. The maximum absolute atomic E-state index is 10.6. The number of thiocarbonyl (C=S) groups is 1. The van der Waals surface area contributed by atoms with E-state index in [2.05, 4.69) is 31.8 Å². The van der Waals surface area contributed by atoms with Crippen LogP contribution in [-0.4, -0.2) is 39.6 Å². The molecule has 6 heteroatoms. The minimum absolute atomic E-state index is 0.0399. The summed E-state index contributed by atoms with van der Waals surface area (Å²) >= 11 is 8.97. The summed E-state index contributed by atoms with van der Waals surface area (Å²) in [7, 11) is 0. The number of aliphatic hydroxyl groups excluding tert-OH is 2. The summed E-state index contributed by atoms with van der Waals surface area (Å²) in [5.41, 5.74) is 0. The maximum atomic E-state index is 10.6. The zero-order valence-corrected chi connectivity index (χ0v) is 29.2. The van der Waals surface area contributed by atoms with Gasteiger partial charge in [0.05, 0.1) is 17.7 Å². The number of unbranched alkanes of at least 4 members (excludes halogenated alkanes) is 24. The van der Waals surface area contributed by atoms with Crippen LogP contribution in [-0.2, 0) is 4.79 Å². The van der Waals surface area contributed by atoms with Crippen molar-refractivity contribution in [3.63, 3.8) is 0 Å². The molecule has 0 aromatic rings. The molecular formula is C35H71NO3S2. The summed E-state index contributed by atoms with van der Waals surface area (Å²) in [4.78, 5) is 11.4. The van der Waals surface area contributed by atoms with Crippen LogP contribution in [0.5, 0.6) is 0 Å². The molecule has 0 aromatic carbocycles. The molecular weight excluding hydrogens is 547 g/mol. The number of aliphatic hydroxyl groups is 2. The van der Waals surface area contributed by atoms with Crippen LogP contribution in [0.1, 0.15) is 194 Å². The Morgan fingerprint density at radius 3 is 1.17 bits per heavy atom. The molecule has 0 rings (SSSR count). The van der Waals surface area contributed by atoms with Gasteiger partial charge in [-0.25, -0.2) is 0 Å². The van der Waals surface area contributed by atoms with E-state index in [1.807, 2.05) is 0 Å². The number of hydrogen-bond donors (Lipinski definition) is 4. The highest BCUT2D eigenvalue weighted by Crippen LogP contribution is 2.14. The van der Waals surface area contributed by atoms with Crippen LogP contribution in [0.15, 0.2) is 0 Å². The smallest absolute Gasteiger partial charge is 0.185 e. The second-order valence-corrected chi connectivity index (χ2v) is 13.0. The summed E-state index contributed by atoms with van der Waals surface area (Å²) in [6.45, 7) is 4.68. The molecule has 0 saturated carbocycles. The van der Waals surface area contributed by atoms with Crippen molar-refractivity contribution in [2.45, 2.75) is 200 Å². The second kappa shape index (κ2) is 37.9. The van der Waals surface area contributed by atoms with Crippen LogP contribution in [0.3, 0.4) is 0 Å².